The fraction of sp³-hybridized carbons (Fsp3) is 0. The number of nitrogens with two attached hydrogens (primary N) is 1. The van der Waals surface area contributed by atoms with E-state index in [1.54, 1.807) is 16.8 Å². The zero-order valence-corrected chi connectivity index (χ0v) is 7.12. The predicted molar refractivity (Wildman–Crippen MR) is 45.1 cm³/mol. The summed E-state index contributed by atoms with van der Waals surface area (Å²) < 4.78 is 2.67. The van der Waals surface area contributed by atoms with Gasteiger partial charge in [0.25, 0.3) is 0 Å². The number of rotatable bonds is 0. The molecule has 0 saturated heterocycles. The first-order valence-electron chi connectivity index (χ1n) is 3.01. The Hall–Kier alpha value is -1.10. The highest BCUT2D eigenvalue weighted by Crippen LogP contribution is 2.09. The Morgan fingerprint density at radius 1 is 1.45 bits per heavy atom. The highest BCUT2D eigenvalue weighted by Gasteiger charge is 1.97. The molecule has 0 fully saturated rings. The number of aromatic nitrogens is 3. The summed E-state index contributed by atoms with van der Waals surface area (Å²) in [5.74, 6) is 1.10. The van der Waals surface area contributed by atoms with Crippen molar-refractivity contribution in [3.8, 4) is 0 Å². The Kier molecular flexibility index (Phi) is 1.32. The lowest BCUT2D eigenvalue weighted by Gasteiger charge is -1.90. The van der Waals surface area contributed by atoms with Gasteiger partial charge in [-0.25, -0.2) is 4.98 Å². The maximum absolute atomic E-state index is 5.45. The van der Waals surface area contributed by atoms with E-state index in [0.717, 1.165) is 4.47 Å². The van der Waals surface area contributed by atoms with Crippen molar-refractivity contribution in [3.63, 3.8) is 0 Å². The monoisotopic (exact) mass is 212 g/mol. The Balaban J connectivity index is 2.82. The minimum absolute atomic E-state index is 0.482. The van der Waals surface area contributed by atoms with E-state index in [-0.39, 0.29) is 0 Å². The molecule has 2 heterocycles. The van der Waals surface area contributed by atoms with E-state index in [9.17, 15) is 0 Å². The number of anilines is 1. The molecule has 5 heteroatoms. The van der Waals surface area contributed by atoms with Crippen molar-refractivity contribution in [2.75, 3.05) is 5.73 Å². The van der Waals surface area contributed by atoms with Gasteiger partial charge in [0.1, 0.15) is 5.82 Å². The molecular weight excluding hydrogens is 208 g/mol. The molecule has 0 aliphatic carbocycles. The smallest absolute Gasteiger partial charge is 0.235 e. The van der Waals surface area contributed by atoms with E-state index >= 15 is 0 Å². The molecule has 0 aromatic carbocycles. The van der Waals surface area contributed by atoms with Crippen molar-refractivity contribution in [1.82, 2.24) is 14.4 Å². The summed E-state index contributed by atoms with van der Waals surface area (Å²) in [5, 5.41) is 0. The lowest BCUT2D eigenvalue weighted by atomic mass is 10.7. The normalized spacial score (nSPS) is 10.6. The third kappa shape index (κ3) is 1.07. The van der Waals surface area contributed by atoms with E-state index in [1.807, 2.05) is 6.20 Å². The summed E-state index contributed by atoms with van der Waals surface area (Å²) in [6.45, 7) is 0. The number of nitrogen functional groups attached to an aromatic ring is 1. The minimum Gasteiger partial charge on any atom is -0.382 e. The molecular formula is C6H5BrN4. The van der Waals surface area contributed by atoms with Gasteiger partial charge in [0.2, 0.25) is 5.78 Å². The van der Waals surface area contributed by atoms with Crippen LogP contribution in [0, 0.1) is 0 Å². The molecule has 0 bridgehead atoms. The van der Waals surface area contributed by atoms with Gasteiger partial charge in [0, 0.05) is 12.4 Å². The molecule has 0 spiro atoms. The number of hydrogen-bond donors (Lipinski definition) is 1. The van der Waals surface area contributed by atoms with E-state index < -0.39 is 0 Å². The van der Waals surface area contributed by atoms with Crippen LogP contribution in [0.2, 0.25) is 0 Å². The van der Waals surface area contributed by atoms with Gasteiger partial charge in [-0.3, -0.25) is 4.40 Å². The van der Waals surface area contributed by atoms with E-state index in [2.05, 4.69) is 25.9 Å². The van der Waals surface area contributed by atoms with Gasteiger partial charge in [0.15, 0.2) is 0 Å². The SMILES string of the molecule is Nc1cn2cc(Br)cnc2n1. The fourth-order valence-electron chi connectivity index (χ4n) is 0.878. The first-order valence-corrected chi connectivity index (χ1v) is 3.81. The third-order valence-electron chi connectivity index (χ3n) is 1.30. The number of hydrogen-bond acceptors (Lipinski definition) is 3. The van der Waals surface area contributed by atoms with Crippen LogP contribution in [-0.4, -0.2) is 14.4 Å². The summed E-state index contributed by atoms with van der Waals surface area (Å²) in [6.07, 6.45) is 5.25. The number of nitrogens with zero attached hydrogens (tertiary/aromatic N) is 3. The van der Waals surface area contributed by atoms with Crippen LogP contribution >= 0.6 is 15.9 Å². The van der Waals surface area contributed by atoms with Crippen molar-refractivity contribution in [2.45, 2.75) is 0 Å². The van der Waals surface area contributed by atoms with Crippen LogP contribution in [0.5, 0.6) is 0 Å². The van der Waals surface area contributed by atoms with E-state index in [4.69, 9.17) is 5.73 Å². The second-order valence-electron chi connectivity index (χ2n) is 2.15. The molecule has 0 radical (unpaired) electrons. The van der Waals surface area contributed by atoms with Crippen LogP contribution in [0.1, 0.15) is 0 Å². The largest absolute Gasteiger partial charge is 0.382 e. The summed E-state index contributed by atoms with van der Waals surface area (Å²) in [4.78, 5) is 7.99. The van der Waals surface area contributed by atoms with Gasteiger partial charge < -0.3 is 5.73 Å². The summed E-state index contributed by atoms with van der Waals surface area (Å²) in [7, 11) is 0. The standard InChI is InChI=1S/C6H5BrN4/c7-4-1-9-6-10-5(8)3-11(6)2-4/h1-3H,8H2. The lowest BCUT2D eigenvalue weighted by Crippen LogP contribution is -1.85. The average Bonchev–Trinajstić information content (AvgIpc) is 2.27. The lowest BCUT2D eigenvalue weighted by molar-refractivity contribution is 1.10. The molecule has 0 amide bonds. The van der Waals surface area contributed by atoms with Gasteiger partial charge in [-0.15, -0.1) is 0 Å². The highest BCUT2D eigenvalue weighted by molar-refractivity contribution is 9.10. The molecule has 2 rings (SSSR count). The van der Waals surface area contributed by atoms with Crippen LogP contribution < -0.4 is 5.73 Å². The summed E-state index contributed by atoms with van der Waals surface area (Å²) in [5.41, 5.74) is 5.45. The second-order valence-corrected chi connectivity index (χ2v) is 3.06. The van der Waals surface area contributed by atoms with Gasteiger partial charge >= 0.3 is 0 Å². The fourth-order valence-corrected chi connectivity index (χ4v) is 1.20. The number of halogens is 1. The zero-order chi connectivity index (χ0) is 7.84. The van der Waals surface area contributed by atoms with Crippen molar-refractivity contribution in [3.05, 3.63) is 23.1 Å². The molecule has 0 atom stereocenters. The average molecular weight is 213 g/mol. The quantitative estimate of drug-likeness (QED) is 0.712. The second kappa shape index (κ2) is 2.20. The number of imidazole rings is 1. The van der Waals surface area contributed by atoms with Crippen LogP contribution in [0.3, 0.4) is 0 Å². The Labute approximate surface area is 71.2 Å². The third-order valence-corrected chi connectivity index (χ3v) is 1.71. The maximum Gasteiger partial charge on any atom is 0.235 e. The molecule has 0 saturated carbocycles. The molecule has 56 valence electrons. The van der Waals surface area contributed by atoms with Crippen molar-refractivity contribution in [2.24, 2.45) is 0 Å². The molecule has 11 heavy (non-hydrogen) atoms. The van der Waals surface area contributed by atoms with Crippen molar-refractivity contribution < 1.29 is 0 Å². The maximum atomic E-state index is 5.45. The Morgan fingerprint density at radius 3 is 3.09 bits per heavy atom. The molecule has 0 aliphatic heterocycles. The molecule has 4 nitrogen and oxygen atoms in total. The molecule has 0 unspecified atom stereocenters. The van der Waals surface area contributed by atoms with Crippen LogP contribution in [-0.2, 0) is 0 Å². The van der Waals surface area contributed by atoms with Crippen molar-refractivity contribution >= 4 is 27.5 Å². The van der Waals surface area contributed by atoms with Crippen LogP contribution in [0.25, 0.3) is 5.78 Å². The van der Waals surface area contributed by atoms with Crippen LogP contribution in [0.15, 0.2) is 23.1 Å². The minimum atomic E-state index is 0.482. The Morgan fingerprint density at radius 2 is 2.27 bits per heavy atom. The molecule has 2 N–H and O–H groups in total. The van der Waals surface area contributed by atoms with Crippen LogP contribution in [0.4, 0.5) is 5.82 Å². The molecule has 2 aromatic rings. The topological polar surface area (TPSA) is 56.2 Å². The highest BCUT2D eigenvalue weighted by atomic mass is 79.9. The zero-order valence-electron chi connectivity index (χ0n) is 5.53. The first-order chi connectivity index (χ1) is 5.25. The van der Waals surface area contributed by atoms with Gasteiger partial charge in [0.05, 0.1) is 10.7 Å². The van der Waals surface area contributed by atoms with Gasteiger partial charge in [-0.1, -0.05) is 0 Å². The van der Waals surface area contributed by atoms with Gasteiger partial charge in [-0.05, 0) is 15.9 Å². The molecule has 0 aliphatic rings. The number of fused-ring (bicyclic) bond motifs is 1. The summed E-state index contributed by atoms with van der Waals surface area (Å²) in [6, 6.07) is 0. The Bertz CT molecular complexity index is 394. The van der Waals surface area contributed by atoms with Gasteiger partial charge in [-0.2, -0.15) is 4.98 Å². The first kappa shape index (κ1) is 6.60. The summed E-state index contributed by atoms with van der Waals surface area (Å²) >= 11 is 3.29. The van der Waals surface area contributed by atoms with E-state index in [1.165, 1.54) is 0 Å². The predicted octanol–water partition coefficient (Wildman–Crippen LogP) is 1.07. The van der Waals surface area contributed by atoms with Crippen molar-refractivity contribution in [1.29, 1.82) is 0 Å². The molecule has 2 aromatic heterocycles. The van der Waals surface area contributed by atoms with E-state index in [0.29, 0.717) is 11.6 Å².